The molecule has 0 aromatic heterocycles. The van der Waals surface area contributed by atoms with E-state index in [4.69, 9.17) is 16.9 Å². The molecule has 0 heterocycles. The maximum Gasteiger partial charge on any atom is 0.387 e. The summed E-state index contributed by atoms with van der Waals surface area (Å²) in [7, 11) is 0. The van der Waals surface area contributed by atoms with Crippen molar-refractivity contribution < 1.29 is 18.3 Å². The molecule has 1 aromatic carbocycles. The third-order valence-corrected chi connectivity index (χ3v) is 2.16. The van der Waals surface area contributed by atoms with Crippen LogP contribution in [0.1, 0.15) is 16.8 Å². The molecule has 0 radical (unpaired) electrons. The molecule has 0 unspecified atom stereocenters. The fourth-order valence-electron chi connectivity index (χ4n) is 1.21. The minimum atomic E-state index is -3.03. The van der Waals surface area contributed by atoms with E-state index in [1.54, 1.807) is 0 Å². The number of hydrogen-bond acceptors (Lipinski definition) is 3. The average Bonchev–Trinajstić information content (AvgIpc) is 2.31. The predicted octanol–water partition coefficient (Wildman–Crippen LogP) is 2.58. The Morgan fingerprint density at radius 3 is 2.89 bits per heavy atom. The van der Waals surface area contributed by atoms with Gasteiger partial charge in [0.05, 0.1) is 18.1 Å². The Kier molecular flexibility index (Phi) is 5.33. The molecule has 1 rings (SSSR count). The van der Waals surface area contributed by atoms with E-state index in [-0.39, 0.29) is 29.3 Å². The van der Waals surface area contributed by atoms with Crippen LogP contribution < -0.4 is 10.1 Å². The van der Waals surface area contributed by atoms with Crippen LogP contribution >= 0.6 is 11.6 Å². The van der Waals surface area contributed by atoms with Crippen LogP contribution in [0, 0.1) is 11.3 Å². The normalized spacial score (nSPS) is 9.94. The number of nitrogens with zero attached hydrogens (tertiary/aromatic N) is 1. The van der Waals surface area contributed by atoms with Crippen molar-refractivity contribution >= 4 is 17.5 Å². The predicted molar refractivity (Wildman–Crippen MR) is 60.6 cm³/mol. The van der Waals surface area contributed by atoms with Crippen molar-refractivity contribution in [1.82, 2.24) is 5.32 Å². The summed E-state index contributed by atoms with van der Waals surface area (Å²) in [6, 6.07) is 5.59. The number of hydrogen-bond donors (Lipinski definition) is 1. The first-order valence-corrected chi connectivity index (χ1v) is 5.32. The molecule has 4 nitrogen and oxygen atoms in total. The van der Waals surface area contributed by atoms with Gasteiger partial charge in [0.15, 0.2) is 0 Å². The molecule has 7 heteroatoms. The second kappa shape index (κ2) is 6.77. The molecule has 0 fully saturated rings. The number of nitriles is 1. The average molecular weight is 275 g/mol. The van der Waals surface area contributed by atoms with Crippen LogP contribution in [-0.2, 0) is 0 Å². The van der Waals surface area contributed by atoms with Gasteiger partial charge in [-0.3, -0.25) is 4.79 Å². The maximum atomic E-state index is 12.1. The van der Waals surface area contributed by atoms with Gasteiger partial charge in [0.1, 0.15) is 5.75 Å². The molecule has 0 saturated heterocycles. The van der Waals surface area contributed by atoms with E-state index in [9.17, 15) is 13.6 Å². The van der Waals surface area contributed by atoms with Crippen LogP contribution in [0.3, 0.4) is 0 Å². The molecule has 1 aromatic rings. The minimum Gasteiger partial charge on any atom is -0.434 e. The molecule has 1 amide bonds. The van der Waals surface area contributed by atoms with E-state index in [0.717, 1.165) is 0 Å². The van der Waals surface area contributed by atoms with Gasteiger partial charge in [-0.2, -0.15) is 14.0 Å². The van der Waals surface area contributed by atoms with Crippen molar-refractivity contribution in [2.24, 2.45) is 0 Å². The third kappa shape index (κ3) is 4.18. The van der Waals surface area contributed by atoms with Crippen LogP contribution in [0.2, 0.25) is 5.02 Å². The Hall–Kier alpha value is -1.87. The van der Waals surface area contributed by atoms with Crippen LogP contribution in [0.15, 0.2) is 18.2 Å². The van der Waals surface area contributed by atoms with E-state index in [2.05, 4.69) is 10.1 Å². The summed E-state index contributed by atoms with van der Waals surface area (Å²) < 4.78 is 28.5. The molecule has 0 saturated carbocycles. The number of alkyl halides is 2. The van der Waals surface area contributed by atoms with Gasteiger partial charge in [0.25, 0.3) is 5.91 Å². The van der Waals surface area contributed by atoms with Gasteiger partial charge in [-0.15, -0.1) is 0 Å². The highest BCUT2D eigenvalue weighted by atomic mass is 35.5. The highest BCUT2D eigenvalue weighted by molar-refractivity contribution is 6.31. The largest absolute Gasteiger partial charge is 0.434 e. The molecule has 0 aliphatic carbocycles. The first kappa shape index (κ1) is 14.2. The summed E-state index contributed by atoms with van der Waals surface area (Å²) in [5.74, 6) is -0.882. The van der Waals surface area contributed by atoms with Crippen molar-refractivity contribution in [3.63, 3.8) is 0 Å². The number of nitrogens with one attached hydrogen (secondary N) is 1. The Morgan fingerprint density at radius 2 is 2.28 bits per heavy atom. The number of carbonyl (C=O) groups excluding carboxylic acids is 1. The van der Waals surface area contributed by atoms with Gasteiger partial charge < -0.3 is 10.1 Å². The van der Waals surface area contributed by atoms with Crippen LogP contribution in [-0.4, -0.2) is 19.1 Å². The Morgan fingerprint density at radius 1 is 1.56 bits per heavy atom. The van der Waals surface area contributed by atoms with Crippen molar-refractivity contribution in [3.8, 4) is 11.8 Å². The molecule has 96 valence electrons. The van der Waals surface area contributed by atoms with E-state index in [0.29, 0.717) is 0 Å². The molecular weight excluding hydrogens is 266 g/mol. The lowest BCUT2D eigenvalue weighted by atomic mass is 10.2. The van der Waals surface area contributed by atoms with Crippen LogP contribution in [0.5, 0.6) is 5.75 Å². The Labute approximate surface area is 107 Å². The molecule has 1 N–H and O–H groups in total. The fraction of sp³-hybridized carbons (Fsp3) is 0.273. The van der Waals surface area contributed by atoms with E-state index in [1.807, 2.05) is 6.07 Å². The van der Waals surface area contributed by atoms with Gasteiger partial charge >= 0.3 is 6.61 Å². The highest BCUT2D eigenvalue weighted by Crippen LogP contribution is 2.24. The summed E-state index contributed by atoms with van der Waals surface area (Å²) in [6.45, 7) is -2.91. The monoisotopic (exact) mass is 274 g/mol. The minimum absolute atomic E-state index is 0.0965. The van der Waals surface area contributed by atoms with E-state index < -0.39 is 12.5 Å². The zero-order valence-corrected chi connectivity index (χ0v) is 9.88. The third-order valence-electron chi connectivity index (χ3n) is 1.92. The van der Waals surface area contributed by atoms with Gasteiger partial charge in [0.2, 0.25) is 0 Å². The van der Waals surface area contributed by atoms with Crippen LogP contribution in [0.25, 0.3) is 0 Å². The highest BCUT2D eigenvalue weighted by Gasteiger charge is 2.16. The van der Waals surface area contributed by atoms with Crippen molar-refractivity contribution in [2.75, 3.05) is 6.54 Å². The van der Waals surface area contributed by atoms with E-state index >= 15 is 0 Å². The summed E-state index contributed by atoms with van der Waals surface area (Å²) >= 11 is 5.68. The SMILES string of the molecule is N#CCCNC(=O)c1cc(Cl)ccc1OC(F)F. The summed E-state index contributed by atoms with van der Waals surface area (Å²) in [6.07, 6.45) is 0.122. The summed E-state index contributed by atoms with van der Waals surface area (Å²) in [5.41, 5.74) is -0.0965. The van der Waals surface area contributed by atoms with Gasteiger partial charge in [-0.05, 0) is 18.2 Å². The first-order valence-electron chi connectivity index (χ1n) is 4.94. The second-order valence-corrected chi connectivity index (χ2v) is 3.62. The van der Waals surface area contributed by atoms with Crippen molar-refractivity contribution in [3.05, 3.63) is 28.8 Å². The maximum absolute atomic E-state index is 12.1. The molecule has 18 heavy (non-hydrogen) atoms. The molecule has 0 aliphatic heterocycles. The second-order valence-electron chi connectivity index (χ2n) is 3.18. The van der Waals surface area contributed by atoms with Crippen molar-refractivity contribution in [1.29, 1.82) is 5.26 Å². The van der Waals surface area contributed by atoms with Gasteiger partial charge in [-0.1, -0.05) is 11.6 Å². The Balaban J connectivity index is 2.87. The smallest absolute Gasteiger partial charge is 0.387 e. The summed E-state index contributed by atoms with van der Waals surface area (Å²) in [5, 5.41) is 10.9. The van der Waals surface area contributed by atoms with Gasteiger partial charge in [-0.25, -0.2) is 0 Å². The lowest BCUT2D eigenvalue weighted by molar-refractivity contribution is -0.0501. The van der Waals surface area contributed by atoms with Crippen LogP contribution in [0.4, 0.5) is 8.78 Å². The topological polar surface area (TPSA) is 62.1 Å². The first-order chi connectivity index (χ1) is 8.54. The molecule has 0 atom stereocenters. The number of ether oxygens (including phenoxy) is 1. The number of amides is 1. The molecular formula is C11H9ClF2N2O2. The summed E-state index contributed by atoms with van der Waals surface area (Å²) in [4.78, 5) is 11.7. The van der Waals surface area contributed by atoms with E-state index in [1.165, 1.54) is 18.2 Å². The fourth-order valence-corrected chi connectivity index (χ4v) is 1.38. The number of halogens is 3. The number of benzene rings is 1. The molecule has 0 spiro atoms. The zero-order valence-electron chi connectivity index (χ0n) is 9.12. The number of rotatable bonds is 5. The molecule has 0 bridgehead atoms. The van der Waals surface area contributed by atoms with Gasteiger partial charge in [0, 0.05) is 11.6 Å². The zero-order chi connectivity index (χ0) is 13.5. The molecule has 0 aliphatic rings. The Bertz CT molecular complexity index is 475. The quantitative estimate of drug-likeness (QED) is 0.840. The lowest BCUT2D eigenvalue weighted by Gasteiger charge is -2.10. The standard InChI is InChI=1S/C11H9ClF2N2O2/c12-7-2-3-9(18-11(13)14)8(6-7)10(17)16-5-1-4-15/h2-3,6,11H,1,5H2,(H,16,17). The number of carbonyl (C=O) groups is 1. The lowest BCUT2D eigenvalue weighted by Crippen LogP contribution is -2.25. The van der Waals surface area contributed by atoms with Crippen molar-refractivity contribution in [2.45, 2.75) is 13.0 Å².